The second-order valence-electron chi connectivity index (χ2n) is 7.47. The molecule has 0 radical (unpaired) electrons. The molecule has 150 valence electrons. The molecule has 8 heteroatoms. The zero-order valence-electron chi connectivity index (χ0n) is 16.1. The van der Waals surface area contributed by atoms with E-state index in [0.29, 0.717) is 47.4 Å². The Kier molecular flexibility index (Phi) is 4.77. The second-order valence-corrected chi connectivity index (χ2v) is 7.47. The largest absolute Gasteiger partial charge is 0.481 e. The van der Waals surface area contributed by atoms with E-state index in [2.05, 4.69) is 10.1 Å². The Bertz CT molecular complexity index is 1090. The number of likely N-dealkylation sites (tertiary alicyclic amines) is 1. The first-order valence-electron chi connectivity index (χ1n) is 9.40. The minimum Gasteiger partial charge on any atom is -0.481 e. The van der Waals surface area contributed by atoms with Crippen molar-refractivity contribution in [1.29, 1.82) is 0 Å². The molecule has 0 aliphatic carbocycles. The lowest BCUT2D eigenvalue weighted by Gasteiger charge is -2.35. The standard InChI is InChI=1S/C21H20FN3O4/c1-11-10-25(8-7-15(11)21(27)28)20(26)16-9-17(13-3-5-14(22)6-4-13)23-19-18(16)12(2)24-29-19/h3-6,9,11,15H,7-8,10H2,1-2H3,(H,27,28). The van der Waals surface area contributed by atoms with Crippen molar-refractivity contribution in [2.45, 2.75) is 20.3 Å². The number of hydrogen-bond donors (Lipinski definition) is 1. The van der Waals surface area contributed by atoms with Gasteiger partial charge in [-0.1, -0.05) is 12.1 Å². The van der Waals surface area contributed by atoms with E-state index in [0.717, 1.165) is 0 Å². The number of aryl methyl sites for hydroxylation is 1. The number of benzene rings is 1. The molecule has 4 rings (SSSR count). The first-order valence-corrected chi connectivity index (χ1v) is 9.40. The van der Waals surface area contributed by atoms with Crippen molar-refractivity contribution in [3.05, 3.63) is 47.4 Å². The summed E-state index contributed by atoms with van der Waals surface area (Å²) in [6.07, 6.45) is 0.407. The first kappa shape index (κ1) is 19.0. The molecule has 1 aliphatic heterocycles. The van der Waals surface area contributed by atoms with Crippen molar-refractivity contribution < 1.29 is 23.6 Å². The van der Waals surface area contributed by atoms with Crippen molar-refractivity contribution >= 4 is 23.0 Å². The van der Waals surface area contributed by atoms with Gasteiger partial charge in [-0.25, -0.2) is 9.37 Å². The molecular formula is C21H20FN3O4. The topological polar surface area (TPSA) is 96.5 Å². The lowest BCUT2D eigenvalue weighted by atomic mass is 9.86. The summed E-state index contributed by atoms with van der Waals surface area (Å²) in [6.45, 7) is 4.30. The summed E-state index contributed by atoms with van der Waals surface area (Å²) >= 11 is 0. The quantitative estimate of drug-likeness (QED) is 0.726. The molecule has 1 aliphatic rings. The van der Waals surface area contributed by atoms with E-state index in [4.69, 9.17) is 4.52 Å². The molecule has 29 heavy (non-hydrogen) atoms. The molecule has 1 fully saturated rings. The van der Waals surface area contributed by atoms with Gasteiger partial charge in [-0.15, -0.1) is 0 Å². The van der Waals surface area contributed by atoms with Crippen molar-refractivity contribution in [2.75, 3.05) is 13.1 Å². The van der Waals surface area contributed by atoms with Gasteiger partial charge < -0.3 is 14.5 Å². The molecule has 1 aromatic carbocycles. The van der Waals surface area contributed by atoms with Crippen LogP contribution in [0.3, 0.4) is 0 Å². The number of amides is 1. The zero-order chi connectivity index (χ0) is 20.7. The maximum atomic E-state index is 13.3. The Labute approximate surface area is 166 Å². The number of piperidine rings is 1. The van der Waals surface area contributed by atoms with Gasteiger partial charge in [0, 0.05) is 18.7 Å². The molecule has 2 atom stereocenters. The molecule has 2 unspecified atom stereocenters. The average Bonchev–Trinajstić information content (AvgIpc) is 3.08. The summed E-state index contributed by atoms with van der Waals surface area (Å²) in [5.74, 6) is -2.02. The van der Waals surface area contributed by atoms with E-state index >= 15 is 0 Å². The summed E-state index contributed by atoms with van der Waals surface area (Å²) in [5, 5.41) is 13.8. The number of pyridine rings is 1. The van der Waals surface area contributed by atoms with Crippen LogP contribution in [0.25, 0.3) is 22.4 Å². The molecule has 3 heterocycles. The third-order valence-electron chi connectivity index (χ3n) is 5.50. The SMILES string of the molecule is Cc1noc2nc(-c3ccc(F)cc3)cc(C(=O)N3CCC(C(=O)O)C(C)C3)c12. The summed E-state index contributed by atoms with van der Waals surface area (Å²) in [5.41, 5.74) is 2.31. The number of carbonyl (C=O) groups is 2. The third kappa shape index (κ3) is 3.46. The molecular weight excluding hydrogens is 377 g/mol. The van der Waals surface area contributed by atoms with Crippen molar-refractivity contribution in [3.8, 4) is 11.3 Å². The normalized spacial score (nSPS) is 19.5. The van der Waals surface area contributed by atoms with E-state index in [-0.39, 0.29) is 23.4 Å². The fraction of sp³-hybridized carbons (Fsp3) is 0.333. The molecule has 2 aromatic heterocycles. The smallest absolute Gasteiger partial charge is 0.306 e. The molecule has 1 N–H and O–H groups in total. The third-order valence-corrected chi connectivity index (χ3v) is 5.50. The zero-order valence-corrected chi connectivity index (χ0v) is 16.1. The summed E-state index contributed by atoms with van der Waals surface area (Å²) in [6, 6.07) is 7.48. The minimum atomic E-state index is -0.829. The van der Waals surface area contributed by atoms with E-state index in [1.807, 2.05) is 6.92 Å². The number of rotatable bonds is 3. The Morgan fingerprint density at radius 3 is 2.66 bits per heavy atom. The maximum Gasteiger partial charge on any atom is 0.306 e. The summed E-state index contributed by atoms with van der Waals surface area (Å²) in [4.78, 5) is 30.8. The van der Waals surface area contributed by atoms with Gasteiger partial charge in [-0.05, 0) is 49.6 Å². The Morgan fingerprint density at radius 2 is 2.00 bits per heavy atom. The van der Waals surface area contributed by atoms with Gasteiger partial charge in [0.05, 0.1) is 28.3 Å². The number of carbonyl (C=O) groups excluding carboxylic acids is 1. The number of carboxylic acid groups (broad SMARTS) is 1. The Hall–Kier alpha value is -3.29. The molecule has 1 saturated heterocycles. The second kappa shape index (κ2) is 7.27. The number of aromatic nitrogens is 2. The monoisotopic (exact) mass is 397 g/mol. The van der Waals surface area contributed by atoms with E-state index in [1.165, 1.54) is 12.1 Å². The Morgan fingerprint density at radius 1 is 1.28 bits per heavy atom. The van der Waals surface area contributed by atoms with Gasteiger partial charge in [-0.3, -0.25) is 9.59 Å². The van der Waals surface area contributed by atoms with Crippen LogP contribution in [0, 0.1) is 24.6 Å². The summed E-state index contributed by atoms with van der Waals surface area (Å²) < 4.78 is 18.6. The highest BCUT2D eigenvalue weighted by molar-refractivity contribution is 6.07. The van der Waals surface area contributed by atoms with Crippen LogP contribution in [-0.2, 0) is 4.79 Å². The number of halogens is 1. The van der Waals surface area contributed by atoms with Crippen LogP contribution in [0.2, 0.25) is 0 Å². The fourth-order valence-corrected chi connectivity index (χ4v) is 3.90. The highest BCUT2D eigenvalue weighted by Crippen LogP contribution is 2.30. The van der Waals surface area contributed by atoms with Gasteiger partial charge in [0.25, 0.3) is 11.6 Å². The first-order chi connectivity index (χ1) is 13.8. The molecule has 3 aromatic rings. The van der Waals surface area contributed by atoms with E-state index in [9.17, 15) is 19.1 Å². The van der Waals surface area contributed by atoms with Crippen LogP contribution < -0.4 is 0 Å². The highest BCUT2D eigenvalue weighted by Gasteiger charge is 2.34. The minimum absolute atomic E-state index is 0.150. The molecule has 0 saturated carbocycles. The highest BCUT2D eigenvalue weighted by atomic mass is 19.1. The Balaban J connectivity index is 1.74. The number of fused-ring (bicyclic) bond motifs is 1. The van der Waals surface area contributed by atoms with Crippen molar-refractivity contribution in [2.24, 2.45) is 11.8 Å². The summed E-state index contributed by atoms with van der Waals surface area (Å²) in [7, 11) is 0. The van der Waals surface area contributed by atoms with Gasteiger partial charge in [-0.2, -0.15) is 0 Å². The molecule has 7 nitrogen and oxygen atoms in total. The number of carboxylic acids is 1. The van der Waals surface area contributed by atoms with Gasteiger partial charge in [0.2, 0.25) is 0 Å². The van der Waals surface area contributed by atoms with Gasteiger partial charge >= 0.3 is 5.97 Å². The van der Waals surface area contributed by atoms with Crippen LogP contribution in [0.4, 0.5) is 4.39 Å². The van der Waals surface area contributed by atoms with Gasteiger partial charge in [0.15, 0.2) is 0 Å². The van der Waals surface area contributed by atoms with Gasteiger partial charge in [0.1, 0.15) is 5.82 Å². The average molecular weight is 397 g/mol. The molecule has 0 bridgehead atoms. The van der Waals surface area contributed by atoms with E-state index < -0.39 is 11.9 Å². The predicted molar refractivity (Wildman–Crippen MR) is 103 cm³/mol. The molecule has 1 amide bonds. The lowest BCUT2D eigenvalue weighted by Crippen LogP contribution is -2.45. The van der Waals surface area contributed by atoms with Crippen LogP contribution >= 0.6 is 0 Å². The van der Waals surface area contributed by atoms with Crippen LogP contribution in [-0.4, -0.2) is 45.1 Å². The number of hydrogen-bond acceptors (Lipinski definition) is 5. The van der Waals surface area contributed by atoms with Crippen LogP contribution in [0.15, 0.2) is 34.9 Å². The lowest BCUT2D eigenvalue weighted by molar-refractivity contribution is -0.145. The number of nitrogens with zero attached hydrogens (tertiary/aromatic N) is 3. The number of aliphatic carboxylic acids is 1. The van der Waals surface area contributed by atoms with Crippen molar-refractivity contribution in [3.63, 3.8) is 0 Å². The maximum absolute atomic E-state index is 13.3. The van der Waals surface area contributed by atoms with Crippen LogP contribution in [0.5, 0.6) is 0 Å². The predicted octanol–water partition coefficient (Wildman–Crippen LogP) is 3.52. The molecule has 0 spiro atoms. The fourth-order valence-electron chi connectivity index (χ4n) is 3.90. The van der Waals surface area contributed by atoms with E-state index in [1.54, 1.807) is 30.0 Å². The van der Waals surface area contributed by atoms with Crippen molar-refractivity contribution in [1.82, 2.24) is 15.0 Å². The van der Waals surface area contributed by atoms with Crippen LogP contribution in [0.1, 0.15) is 29.4 Å².